The van der Waals surface area contributed by atoms with Gasteiger partial charge in [-0.1, -0.05) is 11.6 Å². The summed E-state index contributed by atoms with van der Waals surface area (Å²) in [5.41, 5.74) is 3.00. The topological polar surface area (TPSA) is 37.8 Å². The molecular weight excluding hydrogens is 266 g/mol. The molecule has 0 radical (unpaired) electrons. The van der Waals surface area contributed by atoms with Gasteiger partial charge in [-0.15, -0.1) is 0 Å². The minimum absolute atomic E-state index is 0.604. The molecule has 0 saturated heterocycles. The highest BCUT2D eigenvalue weighted by Crippen LogP contribution is 2.25. The lowest BCUT2D eigenvalue weighted by atomic mass is 10.2. The van der Waals surface area contributed by atoms with E-state index in [0.29, 0.717) is 5.95 Å². The molecule has 0 amide bonds. The van der Waals surface area contributed by atoms with Crippen LogP contribution in [-0.2, 0) is 5.75 Å². The minimum Gasteiger partial charge on any atom is -0.324 e. The molecule has 0 atom stereocenters. The second kappa shape index (κ2) is 6.07. The van der Waals surface area contributed by atoms with Crippen molar-refractivity contribution in [1.29, 1.82) is 0 Å². The van der Waals surface area contributed by atoms with Gasteiger partial charge < -0.3 is 5.32 Å². The molecule has 1 aromatic carbocycles. The van der Waals surface area contributed by atoms with Gasteiger partial charge in [-0.25, -0.2) is 9.97 Å². The van der Waals surface area contributed by atoms with Crippen molar-refractivity contribution in [3.63, 3.8) is 0 Å². The first kappa shape index (κ1) is 13.2. The molecule has 0 spiro atoms. The molecule has 3 nitrogen and oxygen atoms in total. The van der Waals surface area contributed by atoms with E-state index in [1.165, 1.54) is 0 Å². The average molecular weight is 280 g/mol. The average Bonchev–Trinajstić information content (AvgIpc) is 2.34. The first-order valence-corrected chi connectivity index (χ1v) is 7.30. The van der Waals surface area contributed by atoms with Crippen molar-refractivity contribution in [3.05, 3.63) is 46.7 Å². The molecule has 0 saturated carbocycles. The Morgan fingerprint density at radius 3 is 2.89 bits per heavy atom. The van der Waals surface area contributed by atoms with Crippen LogP contribution in [0.4, 0.5) is 11.6 Å². The van der Waals surface area contributed by atoms with Crippen LogP contribution in [-0.4, -0.2) is 16.2 Å². The standard InChI is InChI=1S/C13H14ClN3S/c1-9-5-6-15-13(16-9)17-11-3-4-12(14)10(7-11)8-18-2/h3-7H,8H2,1-2H3,(H,15,16,17). The predicted octanol–water partition coefficient (Wildman–Crippen LogP) is 4.05. The van der Waals surface area contributed by atoms with Gasteiger partial charge in [0.15, 0.2) is 0 Å². The van der Waals surface area contributed by atoms with Crippen LogP contribution in [0.1, 0.15) is 11.3 Å². The first-order chi connectivity index (χ1) is 8.69. The summed E-state index contributed by atoms with van der Waals surface area (Å²) in [6.07, 6.45) is 3.80. The fourth-order valence-electron chi connectivity index (χ4n) is 1.56. The SMILES string of the molecule is CSCc1cc(Nc2nccc(C)n2)ccc1Cl. The zero-order valence-electron chi connectivity index (χ0n) is 10.3. The largest absolute Gasteiger partial charge is 0.324 e. The number of thioether (sulfide) groups is 1. The third-order valence-corrected chi connectivity index (χ3v) is 3.36. The van der Waals surface area contributed by atoms with Gasteiger partial charge in [0, 0.05) is 28.4 Å². The number of hydrogen-bond acceptors (Lipinski definition) is 4. The maximum Gasteiger partial charge on any atom is 0.227 e. The van der Waals surface area contributed by atoms with Crippen LogP contribution in [0.15, 0.2) is 30.5 Å². The fourth-order valence-corrected chi connectivity index (χ4v) is 2.37. The van der Waals surface area contributed by atoms with E-state index in [4.69, 9.17) is 11.6 Å². The second-order valence-corrected chi connectivity index (χ2v) is 5.16. The Morgan fingerprint density at radius 1 is 1.33 bits per heavy atom. The van der Waals surface area contributed by atoms with Crippen LogP contribution in [0.5, 0.6) is 0 Å². The highest BCUT2D eigenvalue weighted by molar-refractivity contribution is 7.97. The number of rotatable bonds is 4. The summed E-state index contributed by atoms with van der Waals surface area (Å²) in [5.74, 6) is 1.50. The third-order valence-electron chi connectivity index (χ3n) is 2.40. The highest BCUT2D eigenvalue weighted by Gasteiger charge is 2.03. The number of nitrogens with one attached hydrogen (secondary N) is 1. The molecule has 0 unspecified atom stereocenters. The minimum atomic E-state index is 0.604. The van der Waals surface area contributed by atoms with E-state index in [-0.39, 0.29) is 0 Å². The first-order valence-electron chi connectivity index (χ1n) is 5.53. The number of aromatic nitrogens is 2. The maximum atomic E-state index is 6.13. The normalized spacial score (nSPS) is 10.4. The van der Waals surface area contributed by atoms with Crippen molar-refractivity contribution in [2.24, 2.45) is 0 Å². The zero-order chi connectivity index (χ0) is 13.0. The van der Waals surface area contributed by atoms with E-state index in [2.05, 4.69) is 21.5 Å². The van der Waals surface area contributed by atoms with Crippen LogP contribution in [0.2, 0.25) is 5.02 Å². The van der Waals surface area contributed by atoms with Gasteiger partial charge in [-0.05, 0) is 43.0 Å². The lowest BCUT2D eigenvalue weighted by Gasteiger charge is -2.08. The smallest absolute Gasteiger partial charge is 0.227 e. The van der Waals surface area contributed by atoms with Crippen LogP contribution in [0, 0.1) is 6.92 Å². The number of aryl methyl sites for hydroxylation is 1. The Labute approximate surface area is 116 Å². The monoisotopic (exact) mass is 279 g/mol. The van der Waals surface area contributed by atoms with Gasteiger partial charge in [-0.2, -0.15) is 11.8 Å². The summed E-state index contributed by atoms with van der Waals surface area (Å²) in [4.78, 5) is 8.48. The Balaban J connectivity index is 2.21. The summed E-state index contributed by atoms with van der Waals surface area (Å²) in [5, 5.41) is 3.97. The Bertz CT molecular complexity index is 546. The van der Waals surface area contributed by atoms with E-state index < -0.39 is 0 Å². The van der Waals surface area contributed by atoms with Gasteiger partial charge in [0.25, 0.3) is 0 Å². The molecule has 1 N–H and O–H groups in total. The molecule has 18 heavy (non-hydrogen) atoms. The molecule has 1 heterocycles. The van der Waals surface area contributed by atoms with Crippen LogP contribution in [0.25, 0.3) is 0 Å². The van der Waals surface area contributed by atoms with Gasteiger partial charge in [-0.3, -0.25) is 0 Å². The van der Waals surface area contributed by atoms with Crippen LogP contribution < -0.4 is 5.32 Å². The summed E-state index contributed by atoms with van der Waals surface area (Å²) in [6, 6.07) is 7.72. The molecule has 5 heteroatoms. The van der Waals surface area contributed by atoms with E-state index in [0.717, 1.165) is 27.7 Å². The van der Waals surface area contributed by atoms with Crippen LogP contribution in [0.3, 0.4) is 0 Å². The molecule has 2 aromatic rings. The van der Waals surface area contributed by atoms with E-state index in [1.54, 1.807) is 18.0 Å². The van der Waals surface area contributed by atoms with Gasteiger partial charge in [0.1, 0.15) is 0 Å². The highest BCUT2D eigenvalue weighted by atomic mass is 35.5. The Kier molecular flexibility index (Phi) is 4.44. The lowest BCUT2D eigenvalue weighted by molar-refractivity contribution is 1.10. The van der Waals surface area contributed by atoms with Gasteiger partial charge in [0.2, 0.25) is 5.95 Å². The van der Waals surface area contributed by atoms with Crippen molar-refractivity contribution >= 4 is 35.0 Å². The van der Waals surface area contributed by atoms with Crippen molar-refractivity contribution in [2.75, 3.05) is 11.6 Å². The zero-order valence-corrected chi connectivity index (χ0v) is 11.8. The summed E-state index contributed by atoms with van der Waals surface area (Å²) in [6.45, 7) is 1.94. The molecule has 1 aromatic heterocycles. The quantitative estimate of drug-likeness (QED) is 0.916. The number of nitrogens with zero attached hydrogens (tertiary/aromatic N) is 2. The number of halogens is 1. The Hall–Kier alpha value is -1.26. The predicted molar refractivity (Wildman–Crippen MR) is 78.7 cm³/mol. The van der Waals surface area contributed by atoms with E-state index >= 15 is 0 Å². The summed E-state index contributed by atoms with van der Waals surface area (Å²) >= 11 is 7.87. The van der Waals surface area contributed by atoms with E-state index in [9.17, 15) is 0 Å². The molecule has 0 fully saturated rings. The lowest BCUT2D eigenvalue weighted by Crippen LogP contribution is -1.98. The molecular formula is C13H14ClN3S. The van der Waals surface area contributed by atoms with E-state index in [1.807, 2.05) is 31.2 Å². The molecule has 94 valence electrons. The molecule has 0 aliphatic rings. The Morgan fingerprint density at radius 2 is 2.17 bits per heavy atom. The number of hydrogen-bond donors (Lipinski definition) is 1. The van der Waals surface area contributed by atoms with Crippen molar-refractivity contribution in [3.8, 4) is 0 Å². The molecule has 0 aliphatic heterocycles. The molecule has 0 bridgehead atoms. The van der Waals surface area contributed by atoms with Crippen molar-refractivity contribution in [2.45, 2.75) is 12.7 Å². The maximum absolute atomic E-state index is 6.13. The van der Waals surface area contributed by atoms with Gasteiger partial charge in [0.05, 0.1) is 0 Å². The van der Waals surface area contributed by atoms with Crippen molar-refractivity contribution in [1.82, 2.24) is 9.97 Å². The number of anilines is 2. The third kappa shape index (κ3) is 3.37. The fraction of sp³-hybridized carbons (Fsp3) is 0.231. The summed E-state index contributed by atoms with van der Waals surface area (Å²) < 4.78 is 0. The second-order valence-electron chi connectivity index (χ2n) is 3.89. The van der Waals surface area contributed by atoms with Gasteiger partial charge >= 0.3 is 0 Å². The van der Waals surface area contributed by atoms with Crippen molar-refractivity contribution < 1.29 is 0 Å². The molecule has 0 aliphatic carbocycles. The number of benzene rings is 1. The molecule has 2 rings (SSSR count). The summed E-state index contributed by atoms with van der Waals surface area (Å²) in [7, 11) is 0. The van der Waals surface area contributed by atoms with Crippen LogP contribution >= 0.6 is 23.4 Å².